The van der Waals surface area contributed by atoms with Crippen LogP contribution >= 0.6 is 23.7 Å². The monoisotopic (exact) mass is 617 g/mol. The zero-order valence-electron chi connectivity index (χ0n) is 22.7. The van der Waals surface area contributed by atoms with Gasteiger partial charge in [-0.2, -0.15) is 0 Å². The first-order chi connectivity index (χ1) is 19.4. The number of carbonyl (C=O) groups is 1. The van der Waals surface area contributed by atoms with E-state index in [1.807, 2.05) is 12.1 Å². The molecule has 4 aromatic rings. The number of piperazine rings is 1. The van der Waals surface area contributed by atoms with E-state index in [1.165, 1.54) is 12.1 Å². The second-order valence-electron chi connectivity index (χ2n) is 9.22. The molecule has 1 aromatic heterocycles. The molecule has 1 fully saturated rings. The average molecular weight is 618 g/mol. The van der Waals surface area contributed by atoms with E-state index in [-0.39, 0.29) is 23.2 Å². The van der Waals surface area contributed by atoms with Crippen molar-refractivity contribution in [2.24, 2.45) is 0 Å². The zero-order chi connectivity index (χ0) is 28.1. The van der Waals surface area contributed by atoms with Crippen LogP contribution in [-0.2, 0) is 10.0 Å². The van der Waals surface area contributed by atoms with Crippen LogP contribution in [0.25, 0.3) is 10.2 Å². The van der Waals surface area contributed by atoms with Gasteiger partial charge >= 0.3 is 0 Å². The van der Waals surface area contributed by atoms with Crippen LogP contribution in [0.3, 0.4) is 0 Å². The quantitative estimate of drug-likeness (QED) is 0.274. The summed E-state index contributed by atoms with van der Waals surface area (Å²) in [6, 6.07) is 18.3. The van der Waals surface area contributed by atoms with Gasteiger partial charge in [-0.25, -0.2) is 13.4 Å². The lowest BCUT2D eigenvalue weighted by Gasteiger charge is -2.34. The molecule has 1 amide bonds. The van der Waals surface area contributed by atoms with E-state index in [0.717, 1.165) is 59.6 Å². The number of fused-ring (bicyclic) bond motifs is 1. The lowest BCUT2D eigenvalue weighted by molar-refractivity contribution is 0.0948. The molecule has 5 rings (SSSR count). The molecule has 13 heteroatoms. The molecule has 0 aliphatic carbocycles. The third kappa shape index (κ3) is 7.02. The standard InChI is InChI=1S/C28H31N5O5S2.ClH/c1-37-23-12-13-24(38-2)26-25(23)30-28(39-26)33-18-16-32(17-19-33)15-14-29-27(34)20-8-10-21(11-9-20)31-40(35,36)22-6-4-3-5-7-22;/h3-13,31H,14-19H2,1-2H3,(H,29,34);1H. The Labute approximate surface area is 249 Å². The Kier molecular flexibility index (Phi) is 9.92. The molecule has 0 saturated carbocycles. The summed E-state index contributed by atoms with van der Waals surface area (Å²) in [4.78, 5) is 22.2. The van der Waals surface area contributed by atoms with E-state index in [0.29, 0.717) is 17.8 Å². The first kappa shape index (κ1) is 30.4. The minimum Gasteiger partial charge on any atom is -0.495 e. The van der Waals surface area contributed by atoms with Gasteiger partial charge in [-0.05, 0) is 48.5 Å². The lowest BCUT2D eigenvalue weighted by Crippen LogP contribution is -2.48. The number of hydrogen-bond acceptors (Lipinski definition) is 9. The van der Waals surface area contributed by atoms with Gasteiger partial charge in [0.1, 0.15) is 21.7 Å². The summed E-state index contributed by atoms with van der Waals surface area (Å²) in [6.45, 7) is 4.62. The number of halogens is 1. The number of aromatic nitrogens is 1. The van der Waals surface area contributed by atoms with Crippen molar-refractivity contribution in [3.63, 3.8) is 0 Å². The van der Waals surface area contributed by atoms with Crippen LogP contribution in [0, 0.1) is 0 Å². The normalized spacial score (nSPS) is 13.9. The third-order valence-corrected chi connectivity index (χ3v) is 9.24. The number of ether oxygens (including phenoxy) is 2. The molecule has 1 aliphatic rings. The van der Waals surface area contributed by atoms with Crippen molar-refractivity contribution in [3.05, 3.63) is 72.3 Å². The van der Waals surface area contributed by atoms with Gasteiger partial charge in [0.2, 0.25) is 0 Å². The molecule has 10 nitrogen and oxygen atoms in total. The number of anilines is 2. The van der Waals surface area contributed by atoms with Gasteiger partial charge in [0.15, 0.2) is 5.13 Å². The number of benzene rings is 3. The maximum atomic E-state index is 12.6. The van der Waals surface area contributed by atoms with Crippen LogP contribution in [0.5, 0.6) is 11.5 Å². The molecular formula is C28H32ClN5O5S2. The van der Waals surface area contributed by atoms with Gasteiger partial charge in [0.25, 0.3) is 15.9 Å². The number of nitrogens with zero attached hydrogens (tertiary/aromatic N) is 3. The Bertz CT molecular complexity index is 1530. The van der Waals surface area contributed by atoms with Crippen LogP contribution in [0.15, 0.2) is 71.6 Å². The molecule has 0 bridgehead atoms. The molecule has 1 saturated heterocycles. The van der Waals surface area contributed by atoms with Gasteiger partial charge < -0.3 is 19.7 Å². The fraction of sp³-hybridized carbons (Fsp3) is 0.286. The highest BCUT2D eigenvalue weighted by Gasteiger charge is 2.22. The van der Waals surface area contributed by atoms with Crippen molar-refractivity contribution < 1.29 is 22.7 Å². The van der Waals surface area contributed by atoms with Crippen molar-refractivity contribution >= 4 is 60.7 Å². The Hall–Kier alpha value is -3.58. The first-order valence-electron chi connectivity index (χ1n) is 12.8. The summed E-state index contributed by atoms with van der Waals surface area (Å²) in [5.41, 5.74) is 1.67. The second-order valence-corrected chi connectivity index (χ2v) is 11.9. The molecule has 1 aliphatic heterocycles. The van der Waals surface area contributed by atoms with Crippen LogP contribution < -0.4 is 24.4 Å². The Morgan fingerprint density at radius 2 is 1.59 bits per heavy atom. The minimum absolute atomic E-state index is 0. The summed E-state index contributed by atoms with van der Waals surface area (Å²) in [5, 5.41) is 3.90. The van der Waals surface area contributed by atoms with Crippen LogP contribution in [0.1, 0.15) is 10.4 Å². The van der Waals surface area contributed by atoms with Crippen molar-refractivity contribution in [1.82, 2.24) is 15.2 Å². The molecule has 2 heterocycles. The molecule has 0 unspecified atom stereocenters. The van der Waals surface area contributed by atoms with E-state index in [1.54, 1.807) is 68.0 Å². The van der Waals surface area contributed by atoms with Gasteiger partial charge in [-0.1, -0.05) is 29.5 Å². The van der Waals surface area contributed by atoms with Crippen LogP contribution in [-0.4, -0.2) is 77.7 Å². The second kappa shape index (κ2) is 13.4. The van der Waals surface area contributed by atoms with Crippen LogP contribution in [0.4, 0.5) is 10.8 Å². The average Bonchev–Trinajstić information content (AvgIpc) is 3.43. The third-order valence-electron chi connectivity index (χ3n) is 6.71. The molecule has 218 valence electrons. The summed E-state index contributed by atoms with van der Waals surface area (Å²) in [7, 11) is -0.383. The van der Waals surface area contributed by atoms with Crippen LogP contribution in [0.2, 0.25) is 0 Å². The number of methoxy groups -OCH3 is 2. The molecule has 41 heavy (non-hydrogen) atoms. The van der Waals surface area contributed by atoms with E-state index < -0.39 is 10.0 Å². The highest BCUT2D eigenvalue weighted by molar-refractivity contribution is 7.92. The molecule has 0 radical (unpaired) electrons. The number of amides is 1. The maximum absolute atomic E-state index is 12.6. The van der Waals surface area contributed by atoms with Crippen molar-refractivity contribution in [3.8, 4) is 11.5 Å². The van der Waals surface area contributed by atoms with Gasteiger partial charge in [-0.3, -0.25) is 14.4 Å². The first-order valence-corrected chi connectivity index (χ1v) is 15.1. The Morgan fingerprint density at radius 1 is 0.927 bits per heavy atom. The predicted molar refractivity (Wildman–Crippen MR) is 165 cm³/mol. The number of rotatable bonds is 10. The Balaban J connectivity index is 0.00000387. The van der Waals surface area contributed by atoms with Crippen molar-refractivity contribution in [2.45, 2.75) is 4.90 Å². The number of thiazole rings is 1. The fourth-order valence-electron chi connectivity index (χ4n) is 4.51. The zero-order valence-corrected chi connectivity index (χ0v) is 25.2. The SMILES string of the molecule is COc1ccc(OC)c2sc(N3CCN(CCNC(=O)c4ccc(NS(=O)(=O)c5ccccc5)cc4)CC3)nc12.Cl. The lowest BCUT2D eigenvalue weighted by atomic mass is 10.2. The molecule has 0 atom stereocenters. The maximum Gasteiger partial charge on any atom is 0.261 e. The van der Waals surface area contributed by atoms with Crippen molar-refractivity contribution in [2.75, 3.05) is 63.1 Å². The summed E-state index contributed by atoms with van der Waals surface area (Å²) in [5.74, 6) is 1.32. The summed E-state index contributed by atoms with van der Waals surface area (Å²) < 4.78 is 39.5. The van der Waals surface area contributed by atoms with E-state index >= 15 is 0 Å². The number of hydrogen-bond donors (Lipinski definition) is 2. The number of carbonyl (C=O) groups excluding carboxylic acids is 1. The van der Waals surface area contributed by atoms with Gasteiger partial charge in [0, 0.05) is 50.5 Å². The van der Waals surface area contributed by atoms with E-state index in [9.17, 15) is 13.2 Å². The smallest absolute Gasteiger partial charge is 0.261 e. The number of sulfonamides is 1. The minimum atomic E-state index is -3.68. The molecular weight excluding hydrogens is 586 g/mol. The number of nitrogens with one attached hydrogen (secondary N) is 2. The molecule has 3 aromatic carbocycles. The van der Waals surface area contributed by atoms with Gasteiger partial charge in [-0.15, -0.1) is 12.4 Å². The predicted octanol–water partition coefficient (Wildman–Crippen LogP) is 4.09. The highest BCUT2D eigenvalue weighted by atomic mass is 35.5. The van der Waals surface area contributed by atoms with E-state index in [4.69, 9.17) is 14.5 Å². The highest BCUT2D eigenvalue weighted by Crippen LogP contribution is 2.40. The van der Waals surface area contributed by atoms with E-state index in [2.05, 4.69) is 19.8 Å². The van der Waals surface area contributed by atoms with Gasteiger partial charge in [0.05, 0.1) is 19.1 Å². The largest absolute Gasteiger partial charge is 0.495 e. The molecule has 0 spiro atoms. The summed E-state index contributed by atoms with van der Waals surface area (Å²) in [6.07, 6.45) is 0. The topological polar surface area (TPSA) is 113 Å². The fourth-order valence-corrected chi connectivity index (χ4v) is 6.71. The summed E-state index contributed by atoms with van der Waals surface area (Å²) >= 11 is 1.60. The van der Waals surface area contributed by atoms with Crippen molar-refractivity contribution in [1.29, 1.82) is 0 Å². The molecule has 2 N–H and O–H groups in total. The Morgan fingerprint density at radius 3 is 2.24 bits per heavy atom.